The summed E-state index contributed by atoms with van der Waals surface area (Å²) in [7, 11) is 1.98. The van der Waals surface area contributed by atoms with Crippen LogP contribution in [-0.4, -0.2) is 69.5 Å². The number of nitrogens with zero attached hydrogens (tertiary/aromatic N) is 5. The molecule has 0 unspecified atom stereocenters. The maximum atomic E-state index is 15.0. The molecule has 0 radical (unpaired) electrons. The number of carbonyl (C=O) groups is 2. The molecule has 0 bridgehead atoms. The van der Waals surface area contributed by atoms with E-state index in [1.807, 2.05) is 94.0 Å². The molecular formula is C45H39ClFN5O3. The lowest BCUT2D eigenvalue weighted by Crippen LogP contribution is -2.52. The van der Waals surface area contributed by atoms with Crippen LogP contribution in [0.4, 0.5) is 15.8 Å². The predicted octanol–water partition coefficient (Wildman–Crippen LogP) is 8.77. The van der Waals surface area contributed by atoms with Crippen molar-refractivity contribution in [1.82, 2.24) is 18.8 Å². The summed E-state index contributed by atoms with van der Waals surface area (Å²) in [5, 5.41) is 1.44. The zero-order chi connectivity index (χ0) is 37.6. The summed E-state index contributed by atoms with van der Waals surface area (Å²) in [6.45, 7) is 4.25. The zero-order valence-corrected chi connectivity index (χ0v) is 31.1. The largest absolute Gasteiger partial charge is 0.379 e. The Balaban J connectivity index is 1.14. The van der Waals surface area contributed by atoms with E-state index in [0.717, 1.165) is 42.5 Å². The van der Waals surface area contributed by atoms with E-state index in [1.54, 1.807) is 29.2 Å². The number of rotatable bonds is 7. The van der Waals surface area contributed by atoms with Gasteiger partial charge < -0.3 is 18.6 Å². The molecular weight excluding hydrogens is 713 g/mol. The van der Waals surface area contributed by atoms with E-state index in [1.165, 1.54) is 17.7 Å². The molecule has 4 aromatic carbocycles. The summed E-state index contributed by atoms with van der Waals surface area (Å²) in [5.74, 6) is -0.791. The van der Waals surface area contributed by atoms with Gasteiger partial charge in [0.1, 0.15) is 5.82 Å². The molecule has 8 nitrogen and oxygen atoms in total. The lowest BCUT2D eigenvalue weighted by molar-refractivity contribution is 0.0193. The first kappa shape index (κ1) is 35.0. The van der Waals surface area contributed by atoms with Crippen molar-refractivity contribution < 1.29 is 18.7 Å². The van der Waals surface area contributed by atoms with Crippen molar-refractivity contribution >= 4 is 51.2 Å². The number of ether oxygens (including phenoxy) is 1. The van der Waals surface area contributed by atoms with Crippen LogP contribution in [0.25, 0.3) is 27.7 Å². The van der Waals surface area contributed by atoms with Gasteiger partial charge in [0.2, 0.25) is 0 Å². The van der Waals surface area contributed by atoms with Gasteiger partial charge in [-0.2, -0.15) is 0 Å². The Labute approximate surface area is 323 Å². The Morgan fingerprint density at radius 3 is 2.38 bits per heavy atom. The van der Waals surface area contributed by atoms with Gasteiger partial charge in [-0.25, -0.2) is 4.39 Å². The number of carbonyl (C=O) groups excluding carboxylic acids is 2. The molecule has 2 aliphatic heterocycles. The molecule has 55 heavy (non-hydrogen) atoms. The van der Waals surface area contributed by atoms with Gasteiger partial charge in [-0.05, 0) is 102 Å². The number of fused-ring (bicyclic) bond motifs is 3. The molecule has 2 aliphatic rings. The molecule has 9 rings (SSSR count). The average molecular weight is 752 g/mol. The number of hydrogen-bond donors (Lipinski definition) is 0. The first-order valence-electron chi connectivity index (χ1n) is 18.6. The number of morpholine rings is 1. The van der Waals surface area contributed by atoms with E-state index in [0.29, 0.717) is 64.1 Å². The van der Waals surface area contributed by atoms with E-state index in [9.17, 15) is 9.18 Å². The molecule has 7 aromatic rings. The predicted molar refractivity (Wildman–Crippen MR) is 215 cm³/mol. The van der Waals surface area contributed by atoms with Crippen LogP contribution in [0.5, 0.6) is 0 Å². The lowest BCUT2D eigenvalue weighted by Gasteiger charge is -2.40. The van der Waals surface area contributed by atoms with E-state index in [4.69, 9.17) is 16.3 Å². The monoisotopic (exact) mass is 751 g/mol. The van der Waals surface area contributed by atoms with Gasteiger partial charge in [-0.15, -0.1) is 0 Å². The third kappa shape index (κ3) is 6.58. The molecule has 0 N–H and O–H groups in total. The smallest absolute Gasteiger partial charge is 0.265 e. The maximum Gasteiger partial charge on any atom is 0.265 e. The van der Waals surface area contributed by atoms with Crippen molar-refractivity contribution in [2.45, 2.75) is 19.0 Å². The number of pyridine rings is 1. The number of aromatic nitrogens is 2. The minimum absolute atomic E-state index is 0.0450. The summed E-state index contributed by atoms with van der Waals surface area (Å²) in [6, 6.07) is 35.0. The quantitative estimate of drug-likeness (QED) is 0.164. The second-order valence-electron chi connectivity index (χ2n) is 14.3. The normalized spacial score (nSPS) is 16.1. The zero-order valence-electron chi connectivity index (χ0n) is 30.4. The van der Waals surface area contributed by atoms with Crippen LogP contribution in [0.15, 0.2) is 128 Å². The topological polar surface area (TPSA) is 62.4 Å². The van der Waals surface area contributed by atoms with Crippen molar-refractivity contribution in [3.05, 3.63) is 161 Å². The molecule has 0 aliphatic carbocycles. The third-order valence-electron chi connectivity index (χ3n) is 11.0. The number of halogens is 2. The fraction of sp³-hybridized carbons (Fsp3) is 0.200. The number of amides is 2. The first-order valence-corrected chi connectivity index (χ1v) is 18.9. The SMILES string of the molecule is Cn1ccc2cc(N(C(=O)c3cc(-c4cc(Cl)ccc4C(=O)N4Cc5ccccc5C[C@H]4CN4CCOCC4)n4ccccc34)c3ccc(F)cc3)ccc21. The van der Waals surface area contributed by atoms with Crippen LogP contribution in [0.3, 0.4) is 0 Å². The van der Waals surface area contributed by atoms with Gasteiger partial charge in [0, 0.05) is 90.1 Å². The summed E-state index contributed by atoms with van der Waals surface area (Å²) in [6.07, 6.45) is 4.62. The highest BCUT2D eigenvalue weighted by Gasteiger charge is 2.34. The van der Waals surface area contributed by atoms with E-state index >= 15 is 4.79 Å². The Bertz CT molecular complexity index is 2570. The number of anilines is 2. The van der Waals surface area contributed by atoms with Crippen LogP contribution in [0.2, 0.25) is 5.02 Å². The van der Waals surface area contributed by atoms with Crippen molar-refractivity contribution in [2.75, 3.05) is 37.7 Å². The Hall–Kier alpha value is -5.74. The summed E-state index contributed by atoms with van der Waals surface area (Å²) >= 11 is 6.71. The van der Waals surface area contributed by atoms with Crippen molar-refractivity contribution in [3.63, 3.8) is 0 Å². The van der Waals surface area contributed by atoms with Crippen LogP contribution in [0.1, 0.15) is 31.8 Å². The van der Waals surface area contributed by atoms with Crippen molar-refractivity contribution in [2.24, 2.45) is 7.05 Å². The molecule has 1 saturated heterocycles. The van der Waals surface area contributed by atoms with Gasteiger partial charge in [0.25, 0.3) is 11.8 Å². The van der Waals surface area contributed by atoms with Crippen molar-refractivity contribution in [1.29, 1.82) is 0 Å². The van der Waals surface area contributed by atoms with Gasteiger partial charge in [-0.3, -0.25) is 19.4 Å². The minimum Gasteiger partial charge on any atom is -0.379 e. The van der Waals surface area contributed by atoms with Gasteiger partial charge in [0.05, 0.1) is 30.0 Å². The molecule has 1 atom stereocenters. The number of aryl methyl sites for hydroxylation is 1. The van der Waals surface area contributed by atoms with Gasteiger partial charge >= 0.3 is 0 Å². The number of hydrogen-bond acceptors (Lipinski definition) is 4. The average Bonchev–Trinajstić information content (AvgIpc) is 3.79. The highest BCUT2D eigenvalue weighted by atomic mass is 35.5. The van der Waals surface area contributed by atoms with Crippen LogP contribution in [-0.2, 0) is 24.8 Å². The highest BCUT2D eigenvalue weighted by Crippen LogP contribution is 2.37. The number of benzene rings is 4. The lowest BCUT2D eigenvalue weighted by atomic mass is 9.92. The van der Waals surface area contributed by atoms with Gasteiger partial charge in [0.15, 0.2) is 0 Å². The molecule has 2 amide bonds. The van der Waals surface area contributed by atoms with Crippen LogP contribution in [0, 0.1) is 5.82 Å². The summed E-state index contributed by atoms with van der Waals surface area (Å²) < 4.78 is 23.8. The third-order valence-corrected chi connectivity index (χ3v) is 11.2. The van der Waals surface area contributed by atoms with Crippen LogP contribution >= 0.6 is 11.6 Å². The molecule has 276 valence electrons. The minimum atomic E-state index is -0.395. The highest BCUT2D eigenvalue weighted by molar-refractivity contribution is 6.31. The molecule has 1 fully saturated rings. The Kier molecular flexibility index (Phi) is 9.22. The van der Waals surface area contributed by atoms with Crippen LogP contribution < -0.4 is 4.90 Å². The fourth-order valence-corrected chi connectivity index (χ4v) is 8.35. The second-order valence-corrected chi connectivity index (χ2v) is 14.8. The molecule has 10 heteroatoms. The standard InChI is InChI=1S/C45H39ClFN5O3/c1-48-19-17-31-25-36(14-16-41(31)48)52(35-12-10-34(47)11-13-35)45(54)40-27-43(50-18-5-4-8-42(40)50)39-26-33(46)9-15-38(39)44(53)51-28-32-7-3-2-6-30(32)24-37(51)29-49-20-22-55-23-21-49/h2-19,25-27,37H,20-24,28-29H2,1H3/t37-/m0/s1. The van der Waals surface area contributed by atoms with E-state index in [2.05, 4.69) is 23.1 Å². The maximum absolute atomic E-state index is 15.0. The van der Waals surface area contributed by atoms with Crippen molar-refractivity contribution in [3.8, 4) is 11.3 Å². The summed E-state index contributed by atoms with van der Waals surface area (Å²) in [5.41, 5.74) is 7.45. The molecule has 0 saturated carbocycles. The summed E-state index contributed by atoms with van der Waals surface area (Å²) in [4.78, 5) is 36.0. The molecule has 0 spiro atoms. The molecule has 5 heterocycles. The first-order chi connectivity index (χ1) is 26.8. The van der Waals surface area contributed by atoms with Gasteiger partial charge in [-0.1, -0.05) is 41.9 Å². The Morgan fingerprint density at radius 2 is 1.56 bits per heavy atom. The van der Waals surface area contributed by atoms with E-state index < -0.39 is 5.82 Å². The molecule has 3 aromatic heterocycles. The van der Waals surface area contributed by atoms with E-state index in [-0.39, 0.29) is 17.9 Å². The second kappa shape index (κ2) is 14.5. The fourth-order valence-electron chi connectivity index (χ4n) is 8.17. The Morgan fingerprint density at radius 1 is 0.800 bits per heavy atom.